The van der Waals surface area contributed by atoms with Crippen LogP contribution >= 0.6 is 0 Å². The highest BCUT2D eigenvalue weighted by molar-refractivity contribution is 5.99. The van der Waals surface area contributed by atoms with E-state index in [4.69, 9.17) is 4.74 Å². The molecular formula is C21H22N2O4. The van der Waals surface area contributed by atoms with Crippen LogP contribution in [0.2, 0.25) is 0 Å². The van der Waals surface area contributed by atoms with Crippen LogP contribution in [0.5, 0.6) is 0 Å². The number of carbonyl (C=O) groups excluding carboxylic acids is 3. The van der Waals surface area contributed by atoms with Crippen molar-refractivity contribution in [3.63, 3.8) is 0 Å². The summed E-state index contributed by atoms with van der Waals surface area (Å²) in [5.74, 6) is -0.831. The fourth-order valence-electron chi connectivity index (χ4n) is 3.15. The van der Waals surface area contributed by atoms with E-state index in [-0.39, 0.29) is 18.2 Å². The summed E-state index contributed by atoms with van der Waals surface area (Å²) < 4.78 is 5.34. The van der Waals surface area contributed by atoms with Crippen molar-refractivity contribution in [2.45, 2.75) is 32.8 Å². The van der Waals surface area contributed by atoms with E-state index in [0.29, 0.717) is 12.2 Å². The maximum atomic E-state index is 12.7. The van der Waals surface area contributed by atoms with Gasteiger partial charge in [-0.25, -0.2) is 0 Å². The Labute approximate surface area is 158 Å². The number of ether oxygens (including phenoxy) is 1. The Morgan fingerprint density at radius 2 is 1.81 bits per heavy atom. The minimum Gasteiger partial charge on any atom is -0.452 e. The summed E-state index contributed by atoms with van der Waals surface area (Å²) in [6.07, 6.45) is 0.0277. The summed E-state index contributed by atoms with van der Waals surface area (Å²) in [7, 11) is 0. The molecule has 6 heteroatoms. The van der Waals surface area contributed by atoms with E-state index in [2.05, 4.69) is 5.32 Å². The highest BCUT2D eigenvalue weighted by atomic mass is 16.5. The summed E-state index contributed by atoms with van der Waals surface area (Å²) in [6.45, 7) is 3.63. The van der Waals surface area contributed by atoms with Gasteiger partial charge in [-0.05, 0) is 42.7 Å². The molecule has 0 saturated heterocycles. The van der Waals surface area contributed by atoms with Crippen molar-refractivity contribution in [1.29, 1.82) is 0 Å². The van der Waals surface area contributed by atoms with Crippen LogP contribution in [0.25, 0.3) is 0 Å². The van der Waals surface area contributed by atoms with Crippen molar-refractivity contribution in [3.05, 3.63) is 59.7 Å². The molecule has 2 aromatic carbocycles. The second-order valence-electron chi connectivity index (χ2n) is 6.56. The molecule has 1 aliphatic heterocycles. The molecule has 1 atom stereocenters. The minimum atomic E-state index is -0.845. The quantitative estimate of drug-likeness (QED) is 0.826. The Hall–Kier alpha value is -3.15. The van der Waals surface area contributed by atoms with Crippen LogP contribution in [0, 0.1) is 0 Å². The van der Waals surface area contributed by atoms with Crippen molar-refractivity contribution in [1.82, 2.24) is 0 Å². The Balaban J connectivity index is 1.56. The SMILES string of the molecule is CC(=O)Nc1ccc(CC(=O)O[C@H](C)C(=O)N2CCc3ccccc32)cc1. The average molecular weight is 366 g/mol. The van der Waals surface area contributed by atoms with Crippen LogP contribution < -0.4 is 10.2 Å². The number of anilines is 2. The van der Waals surface area contributed by atoms with E-state index in [1.165, 1.54) is 6.92 Å². The number of rotatable bonds is 5. The molecule has 0 spiro atoms. The molecule has 1 aliphatic rings. The summed E-state index contributed by atoms with van der Waals surface area (Å²) in [6, 6.07) is 14.7. The summed E-state index contributed by atoms with van der Waals surface area (Å²) in [5, 5.41) is 2.67. The number of para-hydroxylation sites is 1. The molecule has 3 rings (SSSR count). The van der Waals surface area contributed by atoms with Crippen LogP contribution in [0.4, 0.5) is 11.4 Å². The van der Waals surface area contributed by atoms with Gasteiger partial charge in [0.25, 0.3) is 5.91 Å². The van der Waals surface area contributed by atoms with Gasteiger partial charge in [-0.2, -0.15) is 0 Å². The Morgan fingerprint density at radius 1 is 1.11 bits per heavy atom. The lowest BCUT2D eigenvalue weighted by atomic mass is 10.1. The van der Waals surface area contributed by atoms with Gasteiger partial charge >= 0.3 is 5.97 Å². The topological polar surface area (TPSA) is 75.7 Å². The van der Waals surface area contributed by atoms with Gasteiger partial charge in [-0.15, -0.1) is 0 Å². The summed E-state index contributed by atoms with van der Waals surface area (Å²) in [5.41, 5.74) is 3.43. The molecule has 0 aliphatic carbocycles. The zero-order chi connectivity index (χ0) is 19.4. The molecule has 0 saturated carbocycles. The van der Waals surface area contributed by atoms with Gasteiger partial charge in [0.15, 0.2) is 6.10 Å². The molecule has 0 fully saturated rings. The van der Waals surface area contributed by atoms with Gasteiger partial charge in [0, 0.05) is 24.8 Å². The molecule has 0 bridgehead atoms. The van der Waals surface area contributed by atoms with Gasteiger partial charge < -0.3 is 15.0 Å². The lowest BCUT2D eigenvalue weighted by Crippen LogP contribution is -2.39. The Kier molecular flexibility index (Phi) is 5.54. The molecular weight excluding hydrogens is 344 g/mol. The molecule has 0 unspecified atom stereocenters. The molecule has 140 valence electrons. The van der Waals surface area contributed by atoms with Gasteiger partial charge in [0.2, 0.25) is 5.91 Å². The molecule has 2 aromatic rings. The van der Waals surface area contributed by atoms with Crippen molar-refractivity contribution in [2.24, 2.45) is 0 Å². The normalized spacial score (nSPS) is 13.6. The Bertz CT molecular complexity index is 861. The van der Waals surface area contributed by atoms with E-state index in [1.54, 1.807) is 36.1 Å². The standard InChI is InChI=1S/C21H22N2O4/c1-14(21(26)23-12-11-17-5-3-4-6-19(17)23)27-20(25)13-16-7-9-18(10-8-16)22-15(2)24/h3-10,14H,11-13H2,1-2H3,(H,22,24)/t14-/m1/s1. The van der Waals surface area contributed by atoms with Crippen LogP contribution in [0.15, 0.2) is 48.5 Å². The third-order valence-corrected chi connectivity index (χ3v) is 4.43. The third kappa shape index (κ3) is 4.53. The van der Waals surface area contributed by atoms with Gasteiger partial charge in [-0.1, -0.05) is 30.3 Å². The number of fused-ring (bicyclic) bond motifs is 1. The first-order chi connectivity index (χ1) is 12.9. The van der Waals surface area contributed by atoms with Gasteiger partial charge in [0.1, 0.15) is 0 Å². The van der Waals surface area contributed by atoms with Gasteiger partial charge in [0.05, 0.1) is 6.42 Å². The fraction of sp³-hybridized carbons (Fsp3) is 0.286. The minimum absolute atomic E-state index is 0.0640. The van der Waals surface area contributed by atoms with Crippen molar-refractivity contribution in [2.75, 3.05) is 16.8 Å². The van der Waals surface area contributed by atoms with Crippen LogP contribution in [-0.2, 0) is 32.0 Å². The van der Waals surface area contributed by atoms with Crippen molar-refractivity contribution < 1.29 is 19.1 Å². The van der Waals surface area contributed by atoms with E-state index >= 15 is 0 Å². The highest BCUT2D eigenvalue weighted by Gasteiger charge is 2.29. The zero-order valence-corrected chi connectivity index (χ0v) is 15.4. The van der Waals surface area contributed by atoms with Gasteiger partial charge in [-0.3, -0.25) is 14.4 Å². The molecule has 1 N–H and O–H groups in total. The largest absolute Gasteiger partial charge is 0.452 e. The van der Waals surface area contributed by atoms with E-state index in [9.17, 15) is 14.4 Å². The third-order valence-electron chi connectivity index (χ3n) is 4.43. The molecule has 0 aromatic heterocycles. The maximum absolute atomic E-state index is 12.7. The molecule has 27 heavy (non-hydrogen) atoms. The number of esters is 1. The number of nitrogens with one attached hydrogen (secondary N) is 1. The summed E-state index contributed by atoms with van der Waals surface area (Å²) in [4.78, 5) is 37.5. The van der Waals surface area contributed by atoms with Crippen LogP contribution in [0.3, 0.4) is 0 Å². The predicted molar refractivity (Wildman–Crippen MR) is 103 cm³/mol. The van der Waals surface area contributed by atoms with E-state index in [0.717, 1.165) is 23.2 Å². The number of hydrogen-bond donors (Lipinski definition) is 1. The second kappa shape index (κ2) is 8.03. The zero-order valence-electron chi connectivity index (χ0n) is 15.4. The number of benzene rings is 2. The predicted octanol–water partition coefficient (Wildman–Crippen LogP) is 2.71. The monoisotopic (exact) mass is 366 g/mol. The molecule has 1 heterocycles. The van der Waals surface area contributed by atoms with Crippen molar-refractivity contribution in [3.8, 4) is 0 Å². The first-order valence-electron chi connectivity index (χ1n) is 8.89. The maximum Gasteiger partial charge on any atom is 0.311 e. The summed E-state index contributed by atoms with van der Waals surface area (Å²) >= 11 is 0. The molecule has 6 nitrogen and oxygen atoms in total. The molecule has 2 amide bonds. The smallest absolute Gasteiger partial charge is 0.311 e. The number of carbonyl (C=O) groups is 3. The highest BCUT2D eigenvalue weighted by Crippen LogP contribution is 2.28. The first kappa shape index (κ1) is 18.6. The lowest BCUT2D eigenvalue weighted by molar-refractivity contribution is -0.153. The molecule has 0 radical (unpaired) electrons. The van der Waals surface area contributed by atoms with Crippen molar-refractivity contribution >= 4 is 29.2 Å². The average Bonchev–Trinajstić information content (AvgIpc) is 3.06. The fourth-order valence-corrected chi connectivity index (χ4v) is 3.15. The first-order valence-corrected chi connectivity index (χ1v) is 8.89. The Morgan fingerprint density at radius 3 is 2.52 bits per heavy atom. The van der Waals surface area contributed by atoms with Crippen LogP contribution in [-0.4, -0.2) is 30.4 Å². The lowest BCUT2D eigenvalue weighted by Gasteiger charge is -2.21. The van der Waals surface area contributed by atoms with E-state index in [1.807, 2.05) is 24.3 Å². The number of nitrogens with zero attached hydrogens (tertiary/aromatic N) is 1. The second-order valence-corrected chi connectivity index (χ2v) is 6.56. The van der Waals surface area contributed by atoms with E-state index < -0.39 is 12.1 Å². The van der Waals surface area contributed by atoms with Crippen LogP contribution in [0.1, 0.15) is 25.0 Å². The number of hydrogen-bond acceptors (Lipinski definition) is 4. The number of amides is 2.